The van der Waals surface area contributed by atoms with Crippen molar-refractivity contribution in [3.8, 4) is 17.2 Å². The molecule has 0 saturated carbocycles. The van der Waals surface area contributed by atoms with E-state index in [2.05, 4.69) is 0 Å². The smallest absolute Gasteiger partial charge is 0.258 e. The molecule has 0 aromatic heterocycles. The molecule has 6 nitrogen and oxygen atoms in total. The third-order valence-corrected chi connectivity index (χ3v) is 4.19. The first kappa shape index (κ1) is 16.4. The average molecular weight is 308 g/mol. The Morgan fingerprint density at radius 2 is 1.91 bits per heavy atom. The first-order valence-corrected chi connectivity index (χ1v) is 7.37. The number of nitrogens with two attached hydrogens (primary N) is 1. The van der Waals surface area contributed by atoms with Crippen LogP contribution in [0.15, 0.2) is 12.1 Å². The molecule has 1 aliphatic rings. The Labute approximate surface area is 131 Å². The summed E-state index contributed by atoms with van der Waals surface area (Å²) >= 11 is 0. The number of carbonyl (C=O) groups is 1. The van der Waals surface area contributed by atoms with Gasteiger partial charge in [0.1, 0.15) is 0 Å². The van der Waals surface area contributed by atoms with Gasteiger partial charge >= 0.3 is 0 Å². The zero-order chi connectivity index (χ0) is 16.3. The van der Waals surface area contributed by atoms with Crippen molar-refractivity contribution in [2.24, 2.45) is 11.7 Å². The number of ether oxygens (including phenoxy) is 3. The molecule has 0 bridgehead atoms. The predicted octanol–water partition coefficient (Wildman–Crippen LogP) is 1.52. The molecule has 22 heavy (non-hydrogen) atoms. The number of nitrogens with zero attached hydrogens (tertiary/aromatic N) is 1. The van der Waals surface area contributed by atoms with Gasteiger partial charge in [0.25, 0.3) is 5.91 Å². The van der Waals surface area contributed by atoms with Crippen LogP contribution in [0.4, 0.5) is 0 Å². The lowest BCUT2D eigenvalue weighted by atomic mass is 10.1. The summed E-state index contributed by atoms with van der Waals surface area (Å²) in [4.78, 5) is 14.7. The SMILES string of the molecule is COc1ccc(C(=O)N2CC(CN)CC2C)c(OC)c1OC. The zero-order valence-corrected chi connectivity index (χ0v) is 13.6. The van der Waals surface area contributed by atoms with E-state index in [1.165, 1.54) is 14.2 Å². The van der Waals surface area contributed by atoms with Crippen LogP contribution in [0.25, 0.3) is 0 Å². The molecule has 1 aliphatic heterocycles. The monoisotopic (exact) mass is 308 g/mol. The molecule has 0 radical (unpaired) electrons. The van der Waals surface area contributed by atoms with E-state index in [0.717, 1.165) is 6.42 Å². The lowest BCUT2D eigenvalue weighted by Crippen LogP contribution is -2.34. The molecule has 122 valence electrons. The van der Waals surface area contributed by atoms with Gasteiger partial charge in [-0.25, -0.2) is 0 Å². The summed E-state index contributed by atoms with van der Waals surface area (Å²) in [5.41, 5.74) is 6.21. The molecule has 2 unspecified atom stereocenters. The fourth-order valence-corrected chi connectivity index (χ4v) is 3.02. The van der Waals surface area contributed by atoms with Gasteiger partial charge in [0.2, 0.25) is 5.75 Å². The number of hydrogen-bond donors (Lipinski definition) is 1. The van der Waals surface area contributed by atoms with Gasteiger partial charge in [0.05, 0.1) is 26.9 Å². The average Bonchev–Trinajstić information content (AvgIpc) is 2.93. The molecule has 2 N–H and O–H groups in total. The number of likely N-dealkylation sites (tertiary alicyclic amines) is 1. The Kier molecular flexibility index (Phi) is 5.13. The van der Waals surface area contributed by atoms with Gasteiger partial charge in [0, 0.05) is 12.6 Å². The molecular formula is C16H24N2O4. The van der Waals surface area contributed by atoms with E-state index in [0.29, 0.717) is 41.8 Å². The fraction of sp³-hybridized carbons (Fsp3) is 0.562. The number of benzene rings is 1. The molecule has 6 heteroatoms. The number of hydrogen-bond acceptors (Lipinski definition) is 5. The van der Waals surface area contributed by atoms with Crippen molar-refractivity contribution < 1.29 is 19.0 Å². The van der Waals surface area contributed by atoms with Gasteiger partial charge in [-0.3, -0.25) is 4.79 Å². The standard InChI is InChI=1S/C16H24N2O4/c1-10-7-11(8-17)9-18(10)16(19)12-5-6-13(20-2)15(22-4)14(12)21-3/h5-6,10-11H,7-9,17H2,1-4H3. The Morgan fingerprint density at radius 3 is 2.41 bits per heavy atom. The van der Waals surface area contributed by atoms with E-state index in [1.807, 2.05) is 11.8 Å². The molecule has 0 aliphatic carbocycles. The molecule has 1 heterocycles. The van der Waals surface area contributed by atoms with Crippen LogP contribution in [-0.2, 0) is 0 Å². The lowest BCUT2D eigenvalue weighted by Gasteiger charge is -2.23. The van der Waals surface area contributed by atoms with Crippen molar-refractivity contribution in [3.63, 3.8) is 0 Å². The van der Waals surface area contributed by atoms with Gasteiger partial charge in [-0.05, 0) is 37.9 Å². The van der Waals surface area contributed by atoms with Crippen molar-refractivity contribution in [3.05, 3.63) is 17.7 Å². The highest BCUT2D eigenvalue weighted by Gasteiger charge is 2.34. The second kappa shape index (κ2) is 6.87. The maximum absolute atomic E-state index is 12.9. The summed E-state index contributed by atoms with van der Waals surface area (Å²) in [6.45, 7) is 3.31. The lowest BCUT2D eigenvalue weighted by molar-refractivity contribution is 0.0739. The summed E-state index contributed by atoms with van der Waals surface area (Å²) < 4.78 is 16.0. The Bertz CT molecular complexity index is 547. The number of methoxy groups -OCH3 is 3. The highest BCUT2D eigenvalue weighted by Crippen LogP contribution is 2.40. The summed E-state index contributed by atoms with van der Waals surface area (Å²) in [6, 6.07) is 3.60. The van der Waals surface area contributed by atoms with Crippen molar-refractivity contribution in [1.82, 2.24) is 4.90 Å². The zero-order valence-electron chi connectivity index (χ0n) is 13.6. The molecule has 2 atom stereocenters. The van der Waals surface area contributed by atoms with Gasteiger partial charge in [-0.15, -0.1) is 0 Å². The van der Waals surface area contributed by atoms with E-state index < -0.39 is 0 Å². The van der Waals surface area contributed by atoms with E-state index in [-0.39, 0.29) is 11.9 Å². The topological polar surface area (TPSA) is 74.0 Å². The summed E-state index contributed by atoms with van der Waals surface area (Å²) in [5.74, 6) is 1.64. The van der Waals surface area contributed by atoms with Crippen molar-refractivity contribution in [1.29, 1.82) is 0 Å². The Hall–Kier alpha value is -1.95. The van der Waals surface area contributed by atoms with Crippen LogP contribution in [0.1, 0.15) is 23.7 Å². The Balaban J connectivity index is 2.38. The predicted molar refractivity (Wildman–Crippen MR) is 83.8 cm³/mol. The number of amides is 1. The van der Waals surface area contributed by atoms with Crippen LogP contribution in [0.5, 0.6) is 17.2 Å². The summed E-state index contributed by atoms with van der Waals surface area (Å²) in [6.07, 6.45) is 0.928. The van der Waals surface area contributed by atoms with E-state index in [1.54, 1.807) is 19.2 Å². The van der Waals surface area contributed by atoms with Crippen molar-refractivity contribution >= 4 is 5.91 Å². The fourth-order valence-electron chi connectivity index (χ4n) is 3.02. The van der Waals surface area contributed by atoms with Crippen molar-refractivity contribution in [2.75, 3.05) is 34.4 Å². The minimum absolute atomic E-state index is 0.0683. The van der Waals surface area contributed by atoms with Gasteiger partial charge in [-0.2, -0.15) is 0 Å². The van der Waals surface area contributed by atoms with E-state index in [4.69, 9.17) is 19.9 Å². The first-order chi connectivity index (χ1) is 10.6. The molecule has 0 spiro atoms. The highest BCUT2D eigenvalue weighted by atomic mass is 16.5. The third-order valence-electron chi connectivity index (χ3n) is 4.19. The van der Waals surface area contributed by atoms with E-state index in [9.17, 15) is 4.79 Å². The molecular weight excluding hydrogens is 284 g/mol. The van der Waals surface area contributed by atoms with Crippen LogP contribution < -0.4 is 19.9 Å². The maximum Gasteiger partial charge on any atom is 0.258 e. The van der Waals surface area contributed by atoms with Crippen LogP contribution in [0.2, 0.25) is 0 Å². The van der Waals surface area contributed by atoms with Crippen LogP contribution in [0, 0.1) is 5.92 Å². The second-order valence-corrected chi connectivity index (χ2v) is 5.53. The van der Waals surface area contributed by atoms with Gasteiger partial charge < -0.3 is 24.8 Å². The Morgan fingerprint density at radius 1 is 1.23 bits per heavy atom. The van der Waals surface area contributed by atoms with Crippen LogP contribution >= 0.6 is 0 Å². The minimum Gasteiger partial charge on any atom is -0.493 e. The quantitative estimate of drug-likeness (QED) is 0.893. The molecule has 1 amide bonds. The largest absolute Gasteiger partial charge is 0.493 e. The first-order valence-electron chi connectivity index (χ1n) is 7.37. The minimum atomic E-state index is -0.0683. The summed E-state index contributed by atoms with van der Waals surface area (Å²) in [5, 5.41) is 0. The third kappa shape index (κ3) is 2.83. The molecule has 1 fully saturated rings. The van der Waals surface area contributed by atoms with Crippen LogP contribution in [-0.4, -0.2) is 51.3 Å². The molecule has 1 saturated heterocycles. The van der Waals surface area contributed by atoms with Crippen LogP contribution in [0.3, 0.4) is 0 Å². The number of rotatable bonds is 5. The second-order valence-electron chi connectivity index (χ2n) is 5.53. The maximum atomic E-state index is 12.9. The normalized spacial score (nSPS) is 20.9. The molecule has 1 aromatic carbocycles. The summed E-state index contributed by atoms with van der Waals surface area (Å²) in [7, 11) is 4.59. The van der Waals surface area contributed by atoms with Gasteiger partial charge in [0.15, 0.2) is 11.5 Å². The van der Waals surface area contributed by atoms with Gasteiger partial charge in [-0.1, -0.05) is 0 Å². The highest BCUT2D eigenvalue weighted by molar-refractivity contribution is 5.98. The molecule has 1 aromatic rings. The van der Waals surface area contributed by atoms with Crippen molar-refractivity contribution in [2.45, 2.75) is 19.4 Å². The molecule has 2 rings (SSSR count). The number of carbonyl (C=O) groups excluding carboxylic acids is 1. The van der Waals surface area contributed by atoms with E-state index >= 15 is 0 Å².